The Kier molecular flexibility index (Phi) is 4.72. The summed E-state index contributed by atoms with van der Waals surface area (Å²) in [5.74, 6) is 0.386. The summed E-state index contributed by atoms with van der Waals surface area (Å²) in [7, 11) is 0. The van der Waals surface area contributed by atoms with Gasteiger partial charge in [-0.05, 0) is 25.0 Å². The lowest BCUT2D eigenvalue weighted by Gasteiger charge is -2.18. The van der Waals surface area contributed by atoms with Crippen LogP contribution in [0.25, 0.3) is 0 Å². The zero-order valence-corrected chi connectivity index (χ0v) is 11.6. The molecular formula is C13H17Cl2N3. The SMILES string of the molecule is NC(=NC1CCCCC1)Nc1c(Cl)cccc1Cl. The molecule has 2 rings (SSSR count). The fraction of sp³-hybridized carbons (Fsp3) is 0.462. The molecule has 0 saturated heterocycles. The van der Waals surface area contributed by atoms with E-state index < -0.39 is 0 Å². The Balaban J connectivity index is 2.06. The van der Waals surface area contributed by atoms with Crippen molar-refractivity contribution in [1.29, 1.82) is 0 Å². The van der Waals surface area contributed by atoms with Gasteiger partial charge in [-0.2, -0.15) is 0 Å². The number of nitrogens with two attached hydrogens (primary N) is 1. The van der Waals surface area contributed by atoms with Crippen LogP contribution < -0.4 is 11.1 Å². The normalized spacial score (nSPS) is 17.8. The van der Waals surface area contributed by atoms with Gasteiger partial charge in [-0.3, -0.25) is 0 Å². The average molecular weight is 286 g/mol. The van der Waals surface area contributed by atoms with Crippen LogP contribution in [0, 0.1) is 0 Å². The number of halogens is 2. The molecule has 1 aromatic carbocycles. The summed E-state index contributed by atoms with van der Waals surface area (Å²) in [6, 6.07) is 5.66. The number of benzene rings is 1. The molecule has 0 heterocycles. The molecule has 0 unspecified atom stereocenters. The average Bonchev–Trinajstić information content (AvgIpc) is 2.35. The first-order chi connectivity index (χ1) is 8.66. The number of nitrogens with zero attached hydrogens (tertiary/aromatic N) is 1. The first kappa shape index (κ1) is 13.5. The number of hydrogen-bond donors (Lipinski definition) is 2. The van der Waals surface area contributed by atoms with E-state index in [-0.39, 0.29) is 0 Å². The first-order valence-corrected chi connectivity index (χ1v) is 6.96. The van der Waals surface area contributed by atoms with Gasteiger partial charge in [-0.1, -0.05) is 48.5 Å². The number of aliphatic imine (C=N–C) groups is 1. The van der Waals surface area contributed by atoms with Gasteiger partial charge in [0.1, 0.15) is 0 Å². The molecule has 0 amide bonds. The Labute approximate surface area is 117 Å². The van der Waals surface area contributed by atoms with Crippen LogP contribution in [0.4, 0.5) is 5.69 Å². The molecular weight excluding hydrogens is 269 g/mol. The van der Waals surface area contributed by atoms with Crippen LogP contribution in [-0.4, -0.2) is 12.0 Å². The highest BCUT2D eigenvalue weighted by Crippen LogP contribution is 2.29. The van der Waals surface area contributed by atoms with Crippen molar-refractivity contribution in [2.75, 3.05) is 5.32 Å². The van der Waals surface area contributed by atoms with Crippen LogP contribution in [0.15, 0.2) is 23.2 Å². The van der Waals surface area contributed by atoms with Crippen molar-refractivity contribution in [3.63, 3.8) is 0 Å². The second-order valence-corrected chi connectivity index (χ2v) is 5.34. The lowest BCUT2D eigenvalue weighted by atomic mass is 9.96. The maximum Gasteiger partial charge on any atom is 0.193 e. The molecule has 18 heavy (non-hydrogen) atoms. The molecule has 0 spiro atoms. The zero-order chi connectivity index (χ0) is 13.0. The summed E-state index contributed by atoms with van der Waals surface area (Å²) in [4.78, 5) is 4.48. The van der Waals surface area contributed by atoms with Gasteiger partial charge in [-0.15, -0.1) is 0 Å². The highest BCUT2D eigenvalue weighted by atomic mass is 35.5. The van der Waals surface area contributed by atoms with Crippen molar-refractivity contribution in [3.8, 4) is 0 Å². The van der Waals surface area contributed by atoms with Crippen LogP contribution in [0.1, 0.15) is 32.1 Å². The van der Waals surface area contributed by atoms with Crippen LogP contribution in [0.3, 0.4) is 0 Å². The molecule has 0 bridgehead atoms. The monoisotopic (exact) mass is 285 g/mol. The lowest BCUT2D eigenvalue weighted by molar-refractivity contribution is 0.443. The lowest BCUT2D eigenvalue weighted by Crippen LogP contribution is -2.26. The fourth-order valence-corrected chi connectivity index (χ4v) is 2.68. The van der Waals surface area contributed by atoms with Crippen molar-refractivity contribution >= 4 is 34.8 Å². The maximum atomic E-state index is 6.06. The number of anilines is 1. The van der Waals surface area contributed by atoms with Crippen molar-refractivity contribution in [2.24, 2.45) is 10.7 Å². The van der Waals surface area contributed by atoms with Gasteiger partial charge >= 0.3 is 0 Å². The van der Waals surface area contributed by atoms with Gasteiger partial charge in [0.05, 0.1) is 21.8 Å². The number of hydrogen-bond acceptors (Lipinski definition) is 1. The predicted molar refractivity (Wildman–Crippen MR) is 78.6 cm³/mol. The number of nitrogens with one attached hydrogen (secondary N) is 1. The quantitative estimate of drug-likeness (QED) is 0.636. The van der Waals surface area contributed by atoms with E-state index in [1.54, 1.807) is 18.2 Å². The Morgan fingerprint density at radius 1 is 1.17 bits per heavy atom. The van der Waals surface area contributed by atoms with E-state index in [1.165, 1.54) is 19.3 Å². The third kappa shape index (κ3) is 3.53. The van der Waals surface area contributed by atoms with E-state index in [0.717, 1.165) is 12.8 Å². The molecule has 98 valence electrons. The molecule has 1 aliphatic carbocycles. The van der Waals surface area contributed by atoms with E-state index in [1.807, 2.05) is 0 Å². The molecule has 0 atom stereocenters. The summed E-state index contributed by atoms with van der Waals surface area (Å²) in [5.41, 5.74) is 6.52. The molecule has 3 N–H and O–H groups in total. The molecule has 0 aliphatic heterocycles. The molecule has 3 nitrogen and oxygen atoms in total. The second-order valence-electron chi connectivity index (χ2n) is 4.53. The minimum atomic E-state index is 0.326. The third-order valence-corrected chi connectivity index (χ3v) is 3.74. The smallest absolute Gasteiger partial charge is 0.193 e. The van der Waals surface area contributed by atoms with Gasteiger partial charge in [0, 0.05) is 0 Å². The summed E-state index contributed by atoms with van der Waals surface area (Å²) < 4.78 is 0. The van der Waals surface area contributed by atoms with Gasteiger partial charge in [0.2, 0.25) is 0 Å². The highest BCUT2D eigenvalue weighted by Gasteiger charge is 2.13. The van der Waals surface area contributed by atoms with E-state index in [4.69, 9.17) is 28.9 Å². The van der Waals surface area contributed by atoms with E-state index in [2.05, 4.69) is 10.3 Å². The number of rotatable bonds is 2. The topological polar surface area (TPSA) is 50.4 Å². The van der Waals surface area contributed by atoms with Crippen molar-refractivity contribution in [3.05, 3.63) is 28.2 Å². The largest absolute Gasteiger partial charge is 0.370 e. The van der Waals surface area contributed by atoms with Gasteiger partial charge in [-0.25, -0.2) is 4.99 Å². The fourth-order valence-electron chi connectivity index (χ4n) is 2.18. The molecule has 1 aromatic rings. The predicted octanol–water partition coefficient (Wildman–Crippen LogP) is 4.05. The second kappa shape index (κ2) is 6.30. The van der Waals surface area contributed by atoms with Crippen LogP contribution in [-0.2, 0) is 0 Å². The Morgan fingerprint density at radius 3 is 2.39 bits per heavy atom. The van der Waals surface area contributed by atoms with Crippen LogP contribution >= 0.6 is 23.2 Å². The molecule has 1 aliphatic rings. The number of para-hydroxylation sites is 1. The Morgan fingerprint density at radius 2 is 1.78 bits per heavy atom. The summed E-state index contributed by atoms with van der Waals surface area (Å²) in [5, 5.41) is 4.08. The van der Waals surface area contributed by atoms with E-state index in [9.17, 15) is 0 Å². The molecule has 5 heteroatoms. The Bertz CT molecular complexity index is 420. The zero-order valence-electron chi connectivity index (χ0n) is 10.1. The minimum Gasteiger partial charge on any atom is -0.370 e. The van der Waals surface area contributed by atoms with E-state index in [0.29, 0.717) is 27.7 Å². The van der Waals surface area contributed by atoms with Gasteiger partial charge in [0.25, 0.3) is 0 Å². The summed E-state index contributed by atoms with van der Waals surface area (Å²) >= 11 is 12.1. The van der Waals surface area contributed by atoms with Gasteiger partial charge in [0.15, 0.2) is 5.96 Å². The van der Waals surface area contributed by atoms with Gasteiger partial charge < -0.3 is 11.1 Å². The van der Waals surface area contributed by atoms with E-state index >= 15 is 0 Å². The van der Waals surface area contributed by atoms with Crippen molar-refractivity contribution in [1.82, 2.24) is 0 Å². The Hall–Kier alpha value is -0.930. The van der Waals surface area contributed by atoms with Crippen LogP contribution in [0.2, 0.25) is 10.0 Å². The van der Waals surface area contributed by atoms with Crippen molar-refractivity contribution < 1.29 is 0 Å². The molecule has 1 fully saturated rings. The maximum absolute atomic E-state index is 6.06. The first-order valence-electron chi connectivity index (χ1n) is 6.21. The molecule has 0 radical (unpaired) electrons. The molecule has 0 aromatic heterocycles. The summed E-state index contributed by atoms with van der Waals surface area (Å²) in [6.45, 7) is 0. The highest BCUT2D eigenvalue weighted by molar-refractivity contribution is 6.39. The molecule has 1 saturated carbocycles. The van der Waals surface area contributed by atoms with Crippen LogP contribution in [0.5, 0.6) is 0 Å². The number of guanidine groups is 1. The standard InChI is InChI=1S/C13H17Cl2N3/c14-10-7-4-8-11(15)12(10)18-13(16)17-9-5-2-1-3-6-9/h4,7-9H,1-3,5-6H2,(H3,16,17,18). The third-order valence-electron chi connectivity index (χ3n) is 3.11. The minimum absolute atomic E-state index is 0.326. The van der Waals surface area contributed by atoms with Crippen molar-refractivity contribution in [2.45, 2.75) is 38.1 Å². The summed E-state index contributed by atoms with van der Waals surface area (Å²) in [6.07, 6.45) is 5.98.